The minimum absolute atomic E-state index is 0.211. The zero-order valence-electron chi connectivity index (χ0n) is 11.9. The Labute approximate surface area is 110 Å². The molecule has 0 fully saturated rings. The van der Waals surface area contributed by atoms with E-state index in [2.05, 4.69) is 52.5 Å². The first-order chi connectivity index (χ1) is 8.28. The van der Waals surface area contributed by atoms with Crippen LogP contribution in [0.5, 0.6) is 0 Å². The van der Waals surface area contributed by atoms with Gasteiger partial charge in [0.1, 0.15) is 0 Å². The Bertz CT molecular complexity index is 506. The predicted octanol–water partition coefficient (Wildman–Crippen LogP) is 4.59. The van der Waals surface area contributed by atoms with Crippen molar-refractivity contribution >= 4 is 5.71 Å². The molecule has 1 nitrogen and oxygen atoms in total. The standard InChI is InChI=1S/C17H23N/c1-6-15(18)12-7-8-13-14(11-12)17(4,5)10-9-16(13,2)3/h6-8,11,18H,1,9-10H2,2-5H3. The zero-order chi connectivity index (χ0) is 13.6. The second-order valence-electron chi connectivity index (χ2n) is 6.65. The molecule has 0 amide bonds. The van der Waals surface area contributed by atoms with Gasteiger partial charge in [-0.3, -0.25) is 0 Å². The summed E-state index contributed by atoms with van der Waals surface area (Å²) in [6.07, 6.45) is 4.05. The SMILES string of the molecule is C=CC(=N)c1ccc2c(c1)C(C)(C)CCC2(C)C. The highest BCUT2D eigenvalue weighted by atomic mass is 14.4. The average Bonchev–Trinajstić information content (AvgIpc) is 2.34. The molecule has 1 aromatic rings. The fourth-order valence-corrected chi connectivity index (χ4v) is 2.87. The van der Waals surface area contributed by atoms with Gasteiger partial charge in [0, 0.05) is 0 Å². The van der Waals surface area contributed by atoms with Crippen molar-refractivity contribution < 1.29 is 0 Å². The first-order valence-corrected chi connectivity index (χ1v) is 6.64. The summed E-state index contributed by atoms with van der Waals surface area (Å²) in [6.45, 7) is 12.9. The predicted molar refractivity (Wildman–Crippen MR) is 78.8 cm³/mol. The molecule has 0 aliphatic heterocycles. The van der Waals surface area contributed by atoms with E-state index < -0.39 is 0 Å². The van der Waals surface area contributed by atoms with E-state index in [1.807, 2.05) is 0 Å². The molecule has 0 aromatic heterocycles. The van der Waals surface area contributed by atoms with Gasteiger partial charge in [-0.15, -0.1) is 0 Å². The van der Waals surface area contributed by atoms with Crippen molar-refractivity contribution in [2.75, 3.05) is 0 Å². The summed E-state index contributed by atoms with van der Waals surface area (Å²) in [7, 11) is 0. The van der Waals surface area contributed by atoms with Gasteiger partial charge in [0.2, 0.25) is 0 Å². The maximum atomic E-state index is 7.91. The van der Waals surface area contributed by atoms with Gasteiger partial charge in [0.05, 0.1) is 5.71 Å². The topological polar surface area (TPSA) is 23.9 Å². The van der Waals surface area contributed by atoms with E-state index in [0.29, 0.717) is 5.71 Å². The summed E-state index contributed by atoms with van der Waals surface area (Å²) in [4.78, 5) is 0. The minimum Gasteiger partial charge on any atom is -0.300 e. The summed E-state index contributed by atoms with van der Waals surface area (Å²) in [6, 6.07) is 6.47. The number of benzene rings is 1. The third-order valence-corrected chi connectivity index (χ3v) is 4.37. The van der Waals surface area contributed by atoms with Crippen molar-refractivity contribution in [1.29, 1.82) is 5.41 Å². The van der Waals surface area contributed by atoms with Crippen molar-refractivity contribution in [1.82, 2.24) is 0 Å². The fraction of sp³-hybridized carbons (Fsp3) is 0.471. The molecule has 0 bridgehead atoms. The van der Waals surface area contributed by atoms with Gasteiger partial charge in [-0.2, -0.15) is 0 Å². The summed E-state index contributed by atoms with van der Waals surface area (Å²) in [5.41, 5.74) is 4.80. The van der Waals surface area contributed by atoms with Crippen LogP contribution in [0.1, 0.15) is 57.2 Å². The lowest BCUT2D eigenvalue weighted by atomic mass is 9.63. The van der Waals surface area contributed by atoms with Crippen LogP contribution in [0.3, 0.4) is 0 Å². The van der Waals surface area contributed by atoms with E-state index in [-0.39, 0.29) is 10.8 Å². The van der Waals surface area contributed by atoms with E-state index >= 15 is 0 Å². The smallest absolute Gasteiger partial charge is 0.0606 e. The molecule has 0 unspecified atom stereocenters. The number of nitrogens with one attached hydrogen (secondary N) is 1. The Morgan fingerprint density at radius 3 is 2.22 bits per heavy atom. The van der Waals surface area contributed by atoms with Gasteiger partial charge in [-0.25, -0.2) is 0 Å². The molecule has 0 saturated carbocycles. The van der Waals surface area contributed by atoms with Crippen LogP contribution in [0.2, 0.25) is 0 Å². The van der Waals surface area contributed by atoms with Crippen molar-refractivity contribution in [3.63, 3.8) is 0 Å². The van der Waals surface area contributed by atoms with Gasteiger partial charge < -0.3 is 5.41 Å². The third kappa shape index (κ3) is 2.03. The summed E-state index contributed by atoms with van der Waals surface area (Å²) < 4.78 is 0. The monoisotopic (exact) mass is 241 g/mol. The highest BCUT2D eigenvalue weighted by Crippen LogP contribution is 2.45. The van der Waals surface area contributed by atoms with Crippen LogP contribution < -0.4 is 0 Å². The first kappa shape index (κ1) is 13.1. The molecule has 1 aliphatic rings. The first-order valence-electron chi connectivity index (χ1n) is 6.64. The average molecular weight is 241 g/mol. The van der Waals surface area contributed by atoms with Crippen LogP contribution in [0.4, 0.5) is 0 Å². The molecule has 0 radical (unpaired) electrons. The minimum atomic E-state index is 0.211. The largest absolute Gasteiger partial charge is 0.300 e. The van der Waals surface area contributed by atoms with Gasteiger partial charge in [-0.05, 0) is 52.5 Å². The van der Waals surface area contributed by atoms with E-state index in [0.717, 1.165) is 5.56 Å². The van der Waals surface area contributed by atoms with E-state index in [4.69, 9.17) is 5.41 Å². The Balaban J connectivity index is 2.62. The van der Waals surface area contributed by atoms with Crippen LogP contribution in [0.25, 0.3) is 0 Å². The second kappa shape index (κ2) is 4.08. The molecule has 1 aromatic carbocycles. The number of rotatable bonds is 2. The van der Waals surface area contributed by atoms with Crippen LogP contribution in [0, 0.1) is 5.41 Å². The Kier molecular flexibility index (Phi) is 2.96. The molecule has 1 aliphatic carbocycles. The lowest BCUT2D eigenvalue weighted by Gasteiger charge is -2.42. The van der Waals surface area contributed by atoms with Gasteiger partial charge in [0.15, 0.2) is 0 Å². The van der Waals surface area contributed by atoms with Crippen molar-refractivity contribution in [2.24, 2.45) is 0 Å². The van der Waals surface area contributed by atoms with Crippen molar-refractivity contribution in [3.8, 4) is 0 Å². The quantitative estimate of drug-likeness (QED) is 0.732. The van der Waals surface area contributed by atoms with Crippen molar-refractivity contribution in [3.05, 3.63) is 47.5 Å². The zero-order valence-corrected chi connectivity index (χ0v) is 11.9. The third-order valence-electron chi connectivity index (χ3n) is 4.37. The molecular weight excluding hydrogens is 218 g/mol. The Morgan fingerprint density at radius 1 is 1.11 bits per heavy atom. The summed E-state index contributed by atoms with van der Waals surface area (Å²) >= 11 is 0. The molecule has 0 saturated heterocycles. The van der Waals surface area contributed by atoms with Gasteiger partial charge >= 0.3 is 0 Å². The molecule has 1 N–H and O–H groups in total. The molecule has 96 valence electrons. The Morgan fingerprint density at radius 2 is 1.67 bits per heavy atom. The fourth-order valence-electron chi connectivity index (χ4n) is 2.87. The van der Waals surface area contributed by atoms with Crippen LogP contribution >= 0.6 is 0 Å². The van der Waals surface area contributed by atoms with Crippen LogP contribution in [-0.4, -0.2) is 5.71 Å². The van der Waals surface area contributed by atoms with Crippen LogP contribution in [-0.2, 0) is 10.8 Å². The normalized spacial score (nSPS) is 20.0. The van der Waals surface area contributed by atoms with E-state index in [9.17, 15) is 0 Å². The summed E-state index contributed by atoms with van der Waals surface area (Å²) in [5.74, 6) is 0. The molecule has 0 heterocycles. The van der Waals surface area contributed by atoms with Crippen LogP contribution in [0.15, 0.2) is 30.9 Å². The highest BCUT2D eigenvalue weighted by Gasteiger charge is 2.36. The molecule has 0 atom stereocenters. The lowest BCUT2D eigenvalue weighted by molar-refractivity contribution is 0.332. The maximum Gasteiger partial charge on any atom is 0.0606 e. The van der Waals surface area contributed by atoms with Gasteiger partial charge in [-0.1, -0.05) is 46.4 Å². The Hall–Kier alpha value is -1.37. The van der Waals surface area contributed by atoms with E-state index in [1.165, 1.54) is 24.0 Å². The number of allylic oxidation sites excluding steroid dienone is 1. The maximum absolute atomic E-state index is 7.91. The van der Waals surface area contributed by atoms with E-state index in [1.54, 1.807) is 6.08 Å². The molecule has 1 heteroatoms. The molecule has 18 heavy (non-hydrogen) atoms. The number of fused-ring (bicyclic) bond motifs is 1. The number of hydrogen-bond donors (Lipinski definition) is 1. The number of hydrogen-bond acceptors (Lipinski definition) is 1. The second-order valence-corrected chi connectivity index (χ2v) is 6.65. The van der Waals surface area contributed by atoms with Gasteiger partial charge in [0.25, 0.3) is 0 Å². The van der Waals surface area contributed by atoms with Crippen molar-refractivity contribution in [2.45, 2.75) is 51.4 Å². The highest BCUT2D eigenvalue weighted by molar-refractivity contribution is 6.06. The lowest BCUT2D eigenvalue weighted by Crippen LogP contribution is -2.34. The molecule has 2 rings (SSSR count). The molecule has 0 spiro atoms. The summed E-state index contributed by atoms with van der Waals surface area (Å²) in [5, 5.41) is 7.91. The molecular formula is C17H23N.